The van der Waals surface area contributed by atoms with Gasteiger partial charge in [0.15, 0.2) is 0 Å². The Bertz CT molecular complexity index is 482. The summed E-state index contributed by atoms with van der Waals surface area (Å²) in [5.74, 6) is 0.762. The first-order valence-corrected chi connectivity index (χ1v) is 5.93. The molecule has 0 unspecified atom stereocenters. The molecule has 15 heavy (non-hydrogen) atoms. The second kappa shape index (κ2) is 4.06. The van der Waals surface area contributed by atoms with Gasteiger partial charge in [-0.15, -0.1) is 11.8 Å². The molecule has 0 atom stereocenters. The molecule has 1 aromatic carbocycles. The van der Waals surface area contributed by atoms with Gasteiger partial charge >= 0.3 is 0 Å². The highest BCUT2D eigenvalue weighted by Gasteiger charge is 2.07. The Kier molecular flexibility index (Phi) is 2.77. The summed E-state index contributed by atoms with van der Waals surface area (Å²) < 4.78 is 0. The van der Waals surface area contributed by atoms with Crippen molar-refractivity contribution < 1.29 is 0 Å². The zero-order chi connectivity index (χ0) is 10.8. The lowest BCUT2D eigenvalue weighted by Gasteiger charge is -2.12. The molecule has 0 aliphatic rings. The van der Waals surface area contributed by atoms with Crippen LogP contribution < -0.4 is 4.90 Å². The van der Waals surface area contributed by atoms with Crippen molar-refractivity contribution in [2.75, 3.05) is 25.3 Å². The summed E-state index contributed by atoms with van der Waals surface area (Å²) >= 11 is 1.65. The Hall–Kier alpha value is -1.29. The van der Waals surface area contributed by atoms with Gasteiger partial charge in [-0.25, -0.2) is 9.97 Å². The van der Waals surface area contributed by atoms with Gasteiger partial charge in [-0.1, -0.05) is 18.2 Å². The molecule has 0 spiro atoms. The molecule has 1 aromatic heterocycles. The first-order chi connectivity index (χ1) is 7.22. The van der Waals surface area contributed by atoms with Gasteiger partial charge in [-0.05, 0) is 12.3 Å². The normalized spacial score (nSPS) is 10.6. The van der Waals surface area contributed by atoms with Crippen molar-refractivity contribution >= 4 is 28.6 Å². The van der Waals surface area contributed by atoms with E-state index >= 15 is 0 Å². The van der Waals surface area contributed by atoms with Crippen LogP contribution in [0.3, 0.4) is 0 Å². The maximum atomic E-state index is 4.50. The number of para-hydroxylation sites is 1. The van der Waals surface area contributed by atoms with E-state index < -0.39 is 0 Å². The molecule has 0 amide bonds. The van der Waals surface area contributed by atoms with E-state index in [4.69, 9.17) is 0 Å². The first-order valence-electron chi connectivity index (χ1n) is 4.70. The molecule has 0 saturated heterocycles. The van der Waals surface area contributed by atoms with Crippen molar-refractivity contribution in [1.29, 1.82) is 0 Å². The predicted molar refractivity (Wildman–Crippen MR) is 65.6 cm³/mol. The number of hydrogen-bond donors (Lipinski definition) is 0. The van der Waals surface area contributed by atoms with Crippen LogP contribution in [0.5, 0.6) is 0 Å². The topological polar surface area (TPSA) is 29.0 Å². The van der Waals surface area contributed by atoms with Crippen molar-refractivity contribution in [2.24, 2.45) is 0 Å². The molecule has 3 nitrogen and oxygen atoms in total. The molecule has 0 N–H and O–H groups in total. The molecule has 0 aliphatic heterocycles. The second-order valence-electron chi connectivity index (χ2n) is 3.44. The van der Waals surface area contributed by atoms with E-state index in [9.17, 15) is 0 Å². The molecule has 78 valence electrons. The minimum atomic E-state index is 0.762. The van der Waals surface area contributed by atoms with Crippen LogP contribution in [-0.4, -0.2) is 30.3 Å². The number of rotatable bonds is 2. The van der Waals surface area contributed by atoms with Crippen molar-refractivity contribution in [1.82, 2.24) is 9.97 Å². The number of thioether (sulfide) groups is 1. The third-order valence-electron chi connectivity index (χ3n) is 2.15. The monoisotopic (exact) mass is 219 g/mol. The highest BCUT2D eigenvalue weighted by molar-refractivity contribution is 7.98. The quantitative estimate of drug-likeness (QED) is 0.573. The Labute approximate surface area is 93.5 Å². The van der Waals surface area contributed by atoms with Gasteiger partial charge in [0, 0.05) is 19.5 Å². The van der Waals surface area contributed by atoms with Crippen LogP contribution in [-0.2, 0) is 0 Å². The molecule has 2 aromatic rings. The lowest BCUT2D eigenvalue weighted by molar-refractivity contribution is 0.977. The van der Waals surface area contributed by atoms with Crippen LogP contribution in [0.2, 0.25) is 0 Å². The number of fused-ring (bicyclic) bond motifs is 1. The number of nitrogens with zero attached hydrogens (tertiary/aromatic N) is 3. The first kappa shape index (κ1) is 10.2. The summed E-state index contributed by atoms with van der Waals surface area (Å²) in [4.78, 5) is 10.9. The smallest absolute Gasteiger partial charge is 0.226 e. The van der Waals surface area contributed by atoms with Crippen LogP contribution in [0.25, 0.3) is 10.9 Å². The average molecular weight is 219 g/mol. The third kappa shape index (κ3) is 1.90. The lowest BCUT2D eigenvalue weighted by atomic mass is 10.2. The van der Waals surface area contributed by atoms with Crippen LogP contribution in [0.1, 0.15) is 0 Å². The zero-order valence-electron chi connectivity index (χ0n) is 9.06. The maximum Gasteiger partial charge on any atom is 0.226 e. The fourth-order valence-electron chi connectivity index (χ4n) is 1.39. The van der Waals surface area contributed by atoms with E-state index in [1.807, 2.05) is 43.5 Å². The number of hydrogen-bond acceptors (Lipinski definition) is 4. The summed E-state index contributed by atoms with van der Waals surface area (Å²) in [5.41, 5.74) is 1.00. The van der Waals surface area contributed by atoms with E-state index in [1.54, 1.807) is 11.8 Å². The summed E-state index contributed by atoms with van der Waals surface area (Å²) in [6, 6.07) is 8.09. The Morgan fingerprint density at radius 1 is 1.13 bits per heavy atom. The summed E-state index contributed by atoms with van der Waals surface area (Å²) in [5, 5.41) is 2.15. The van der Waals surface area contributed by atoms with Gasteiger partial charge in [0.25, 0.3) is 0 Å². The Morgan fingerprint density at radius 2 is 1.87 bits per heavy atom. The van der Waals surface area contributed by atoms with Gasteiger partial charge in [-0.3, -0.25) is 0 Å². The number of aromatic nitrogens is 2. The average Bonchev–Trinajstić information content (AvgIpc) is 2.27. The van der Waals surface area contributed by atoms with E-state index in [0.717, 1.165) is 21.9 Å². The largest absolute Gasteiger partial charge is 0.347 e. The molecule has 2 rings (SSSR count). The summed E-state index contributed by atoms with van der Waals surface area (Å²) in [6.45, 7) is 0. The van der Waals surface area contributed by atoms with E-state index in [-0.39, 0.29) is 0 Å². The van der Waals surface area contributed by atoms with Crippen LogP contribution in [0.15, 0.2) is 29.3 Å². The molecular weight excluding hydrogens is 206 g/mol. The van der Waals surface area contributed by atoms with E-state index in [0.29, 0.717) is 0 Å². The van der Waals surface area contributed by atoms with Crippen LogP contribution in [0, 0.1) is 0 Å². The van der Waals surface area contributed by atoms with Crippen molar-refractivity contribution in [3.63, 3.8) is 0 Å². The molecule has 0 aliphatic carbocycles. The van der Waals surface area contributed by atoms with Gasteiger partial charge in [-0.2, -0.15) is 0 Å². The standard InChI is InChI=1S/C11H13N3S/c1-14(2)11-12-9-7-5-4-6-8(9)10(13-11)15-3/h4-7H,1-3H3. The zero-order valence-corrected chi connectivity index (χ0v) is 9.88. The molecule has 0 saturated carbocycles. The minimum absolute atomic E-state index is 0.762. The fraction of sp³-hybridized carbons (Fsp3) is 0.273. The van der Waals surface area contributed by atoms with E-state index in [2.05, 4.69) is 16.0 Å². The van der Waals surface area contributed by atoms with Crippen molar-refractivity contribution in [2.45, 2.75) is 5.03 Å². The summed E-state index contributed by atoms with van der Waals surface area (Å²) in [7, 11) is 3.91. The van der Waals surface area contributed by atoms with E-state index in [1.165, 1.54) is 0 Å². The van der Waals surface area contributed by atoms with Gasteiger partial charge in [0.2, 0.25) is 5.95 Å². The number of benzene rings is 1. The maximum absolute atomic E-state index is 4.50. The molecular formula is C11H13N3S. The van der Waals surface area contributed by atoms with Crippen molar-refractivity contribution in [3.05, 3.63) is 24.3 Å². The van der Waals surface area contributed by atoms with Gasteiger partial charge in [0.05, 0.1) is 5.52 Å². The Morgan fingerprint density at radius 3 is 2.53 bits per heavy atom. The number of anilines is 1. The molecule has 0 radical (unpaired) electrons. The molecule has 4 heteroatoms. The molecule has 0 bridgehead atoms. The Balaban J connectivity index is 2.71. The van der Waals surface area contributed by atoms with Crippen LogP contribution in [0.4, 0.5) is 5.95 Å². The van der Waals surface area contributed by atoms with Gasteiger partial charge < -0.3 is 4.90 Å². The van der Waals surface area contributed by atoms with Crippen LogP contribution >= 0.6 is 11.8 Å². The minimum Gasteiger partial charge on any atom is -0.347 e. The second-order valence-corrected chi connectivity index (χ2v) is 4.24. The predicted octanol–water partition coefficient (Wildman–Crippen LogP) is 2.42. The van der Waals surface area contributed by atoms with Crippen molar-refractivity contribution in [3.8, 4) is 0 Å². The molecule has 0 fully saturated rings. The third-order valence-corrected chi connectivity index (χ3v) is 2.85. The SMILES string of the molecule is CSc1nc(N(C)C)nc2ccccc12. The lowest BCUT2D eigenvalue weighted by Crippen LogP contribution is -2.13. The summed E-state index contributed by atoms with van der Waals surface area (Å²) in [6.07, 6.45) is 2.04. The fourth-order valence-corrected chi connectivity index (χ4v) is 1.96. The van der Waals surface area contributed by atoms with Gasteiger partial charge in [0.1, 0.15) is 5.03 Å². The highest BCUT2D eigenvalue weighted by Crippen LogP contribution is 2.24. The highest BCUT2D eigenvalue weighted by atomic mass is 32.2. The molecule has 1 heterocycles.